The Bertz CT molecular complexity index is 617. The van der Waals surface area contributed by atoms with Crippen molar-refractivity contribution in [3.05, 3.63) is 23.0 Å². The number of carbonyl (C=O) groups excluding carboxylic acids is 1. The fourth-order valence-corrected chi connectivity index (χ4v) is 3.44. The lowest BCUT2D eigenvalue weighted by molar-refractivity contribution is 0.101. The van der Waals surface area contributed by atoms with Crippen molar-refractivity contribution in [3.8, 4) is 0 Å². The zero-order valence-corrected chi connectivity index (χ0v) is 10.9. The quantitative estimate of drug-likeness (QED) is 0.664. The Balaban J connectivity index is 2.14. The molecule has 3 heterocycles. The molecular formula is C11H14N2O4S. The van der Waals surface area contributed by atoms with Crippen LogP contribution in [0.25, 0.3) is 0 Å². The fourth-order valence-electron chi connectivity index (χ4n) is 2.45. The smallest absolute Gasteiger partial charge is 0.222 e. The van der Waals surface area contributed by atoms with Gasteiger partial charge in [0.2, 0.25) is 10.0 Å². The minimum atomic E-state index is -3.48. The molecule has 7 heteroatoms. The molecule has 0 spiro atoms. The van der Waals surface area contributed by atoms with Crippen molar-refractivity contribution >= 4 is 15.8 Å². The standard InChI is InChI=1S/C11H14N2O4S/c1-12-7-13-9-2-3-17-5-8(9)4-10(13)11(14)6-18(12,15)16/h4H,2-3,5-7H2,1H3. The van der Waals surface area contributed by atoms with E-state index < -0.39 is 15.8 Å². The number of rotatable bonds is 0. The number of ether oxygens (including phenoxy) is 1. The first-order chi connectivity index (χ1) is 8.49. The third kappa shape index (κ3) is 1.70. The maximum Gasteiger partial charge on any atom is 0.222 e. The number of Topliss-reactive ketones (excluding diaryl/α,β-unsaturated/α-hetero) is 1. The second-order valence-corrected chi connectivity index (χ2v) is 6.73. The molecule has 0 unspecified atom stereocenters. The summed E-state index contributed by atoms with van der Waals surface area (Å²) in [7, 11) is -1.98. The van der Waals surface area contributed by atoms with Crippen LogP contribution in [-0.2, 0) is 34.5 Å². The Kier molecular flexibility index (Phi) is 2.58. The van der Waals surface area contributed by atoms with E-state index in [9.17, 15) is 13.2 Å². The van der Waals surface area contributed by atoms with E-state index in [1.54, 1.807) is 6.07 Å². The lowest BCUT2D eigenvalue weighted by Crippen LogP contribution is -2.30. The van der Waals surface area contributed by atoms with Gasteiger partial charge in [0.1, 0.15) is 5.75 Å². The summed E-state index contributed by atoms with van der Waals surface area (Å²) >= 11 is 0. The minimum absolute atomic E-state index is 0.207. The third-order valence-corrected chi connectivity index (χ3v) is 5.15. The SMILES string of the molecule is CN1Cn2c(cc3c2CCOC3)C(=O)CS1(=O)=O. The topological polar surface area (TPSA) is 68.6 Å². The van der Waals surface area contributed by atoms with Gasteiger partial charge in [-0.05, 0) is 11.6 Å². The molecule has 2 aliphatic rings. The van der Waals surface area contributed by atoms with Crippen molar-refractivity contribution < 1.29 is 17.9 Å². The molecule has 2 aliphatic heterocycles. The number of nitrogens with zero attached hydrogens (tertiary/aromatic N) is 2. The van der Waals surface area contributed by atoms with E-state index >= 15 is 0 Å². The largest absolute Gasteiger partial charge is 0.376 e. The van der Waals surface area contributed by atoms with Crippen LogP contribution < -0.4 is 0 Å². The Hall–Kier alpha value is -1.18. The maximum atomic E-state index is 12.0. The zero-order valence-electron chi connectivity index (χ0n) is 10.0. The molecular weight excluding hydrogens is 256 g/mol. The van der Waals surface area contributed by atoms with Gasteiger partial charge in [0.15, 0.2) is 5.78 Å². The molecule has 0 bridgehead atoms. The molecule has 98 valence electrons. The summed E-state index contributed by atoms with van der Waals surface area (Å²) in [5.74, 6) is -0.790. The van der Waals surface area contributed by atoms with Crippen molar-refractivity contribution in [2.45, 2.75) is 19.7 Å². The van der Waals surface area contributed by atoms with Gasteiger partial charge < -0.3 is 9.30 Å². The molecule has 0 atom stereocenters. The van der Waals surface area contributed by atoms with Crippen LogP contribution in [0.5, 0.6) is 0 Å². The van der Waals surface area contributed by atoms with Crippen LogP contribution in [0.1, 0.15) is 21.7 Å². The maximum absolute atomic E-state index is 12.0. The molecule has 0 amide bonds. The Morgan fingerprint density at radius 1 is 1.39 bits per heavy atom. The Morgan fingerprint density at radius 2 is 2.17 bits per heavy atom. The number of aromatic nitrogens is 1. The highest BCUT2D eigenvalue weighted by molar-refractivity contribution is 7.89. The van der Waals surface area contributed by atoms with Crippen LogP contribution in [0.3, 0.4) is 0 Å². The zero-order chi connectivity index (χ0) is 12.9. The second-order valence-electron chi connectivity index (χ2n) is 4.65. The van der Waals surface area contributed by atoms with E-state index in [0.29, 0.717) is 18.9 Å². The van der Waals surface area contributed by atoms with Crippen molar-refractivity contribution in [1.29, 1.82) is 0 Å². The van der Waals surface area contributed by atoms with Gasteiger partial charge in [0.25, 0.3) is 0 Å². The van der Waals surface area contributed by atoms with E-state index in [4.69, 9.17) is 4.74 Å². The predicted molar refractivity (Wildman–Crippen MR) is 63.7 cm³/mol. The third-order valence-electron chi connectivity index (χ3n) is 3.45. The van der Waals surface area contributed by atoms with Gasteiger partial charge in [-0.15, -0.1) is 0 Å². The Labute approximate surface area is 105 Å². The predicted octanol–water partition coefficient (Wildman–Crippen LogP) is -0.0238. The van der Waals surface area contributed by atoms with Gasteiger partial charge in [-0.25, -0.2) is 8.42 Å². The van der Waals surface area contributed by atoms with Crippen molar-refractivity contribution in [3.63, 3.8) is 0 Å². The molecule has 1 aromatic rings. The second kappa shape index (κ2) is 3.91. The molecule has 0 radical (unpaired) electrons. The number of hydrogen-bond donors (Lipinski definition) is 0. The first-order valence-corrected chi connectivity index (χ1v) is 7.36. The van der Waals surface area contributed by atoms with Crippen LogP contribution >= 0.6 is 0 Å². The lowest BCUT2D eigenvalue weighted by Gasteiger charge is -2.19. The van der Waals surface area contributed by atoms with E-state index in [1.165, 1.54) is 11.4 Å². The summed E-state index contributed by atoms with van der Waals surface area (Å²) in [5.41, 5.74) is 2.50. The lowest BCUT2D eigenvalue weighted by atomic mass is 10.1. The molecule has 0 aliphatic carbocycles. The fraction of sp³-hybridized carbons (Fsp3) is 0.545. The van der Waals surface area contributed by atoms with Gasteiger partial charge in [-0.3, -0.25) is 4.79 Å². The average molecular weight is 270 g/mol. The van der Waals surface area contributed by atoms with Crippen LogP contribution in [0.15, 0.2) is 6.07 Å². The highest BCUT2D eigenvalue weighted by Gasteiger charge is 2.32. The van der Waals surface area contributed by atoms with Crippen LogP contribution in [0.2, 0.25) is 0 Å². The number of hydrogen-bond acceptors (Lipinski definition) is 4. The van der Waals surface area contributed by atoms with Gasteiger partial charge in [0.05, 0.1) is 25.6 Å². The molecule has 0 saturated heterocycles. The molecule has 6 nitrogen and oxygen atoms in total. The monoisotopic (exact) mass is 270 g/mol. The normalized spacial score (nSPS) is 23.3. The molecule has 0 aromatic carbocycles. The van der Waals surface area contributed by atoms with E-state index in [1.807, 2.05) is 4.57 Å². The molecule has 18 heavy (non-hydrogen) atoms. The summed E-state index contributed by atoms with van der Waals surface area (Å²) in [6.07, 6.45) is 0.719. The first-order valence-electron chi connectivity index (χ1n) is 5.75. The Morgan fingerprint density at radius 3 is 2.94 bits per heavy atom. The highest BCUT2D eigenvalue weighted by Crippen LogP contribution is 2.25. The molecule has 0 N–H and O–H groups in total. The van der Waals surface area contributed by atoms with E-state index in [-0.39, 0.29) is 12.5 Å². The number of fused-ring (bicyclic) bond motifs is 3. The summed E-state index contributed by atoms with van der Waals surface area (Å²) in [6.45, 7) is 1.32. The van der Waals surface area contributed by atoms with Crippen LogP contribution in [-0.4, -0.2) is 42.5 Å². The number of ketones is 1. The number of sulfonamides is 1. The molecule has 0 fully saturated rings. The summed E-state index contributed by atoms with van der Waals surface area (Å²) in [4.78, 5) is 12.0. The van der Waals surface area contributed by atoms with E-state index in [0.717, 1.165) is 17.7 Å². The van der Waals surface area contributed by atoms with Crippen molar-refractivity contribution in [1.82, 2.24) is 8.87 Å². The van der Waals surface area contributed by atoms with Gasteiger partial charge >= 0.3 is 0 Å². The van der Waals surface area contributed by atoms with E-state index in [2.05, 4.69) is 0 Å². The van der Waals surface area contributed by atoms with Gasteiger partial charge in [-0.2, -0.15) is 4.31 Å². The van der Waals surface area contributed by atoms with Crippen molar-refractivity contribution in [2.24, 2.45) is 0 Å². The first kappa shape index (κ1) is 11.9. The number of carbonyl (C=O) groups is 1. The highest BCUT2D eigenvalue weighted by atomic mass is 32.2. The summed E-state index contributed by atoms with van der Waals surface area (Å²) < 4.78 is 32.0. The summed E-state index contributed by atoms with van der Waals surface area (Å²) in [5, 5.41) is 0. The van der Waals surface area contributed by atoms with Crippen LogP contribution in [0, 0.1) is 0 Å². The molecule has 1 aromatic heterocycles. The molecule has 0 saturated carbocycles. The van der Waals surface area contributed by atoms with Gasteiger partial charge in [0, 0.05) is 19.2 Å². The van der Waals surface area contributed by atoms with Crippen molar-refractivity contribution in [2.75, 3.05) is 19.4 Å². The van der Waals surface area contributed by atoms with Crippen LogP contribution in [0.4, 0.5) is 0 Å². The average Bonchev–Trinajstić information content (AvgIpc) is 2.64. The summed E-state index contributed by atoms with van der Waals surface area (Å²) in [6, 6.07) is 1.77. The minimum Gasteiger partial charge on any atom is -0.376 e. The molecule has 3 rings (SSSR count). The van der Waals surface area contributed by atoms with Gasteiger partial charge in [-0.1, -0.05) is 0 Å².